The third-order valence-electron chi connectivity index (χ3n) is 4.60. The standard InChI is InChI=1S/C20H26N4O/c1-14-6-8-17(9-7-14)12-21-19-11-18(22-16(3)23-19)20(25)24-10-4-5-15(2)13-24/h6-9,11,15H,4-5,10,12-13H2,1-3H3,(H,21,22,23). The molecule has 1 aromatic heterocycles. The molecule has 1 fully saturated rings. The summed E-state index contributed by atoms with van der Waals surface area (Å²) in [5.74, 6) is 1.87. The van der Waals surface area contributed by atoms with Crippen molar-refractivity contribution in [1.29, 1.82) is 0 Å². The SMILES string of the molecule is Cc1ccc(CNc2cc(C(=O)N3CCCC(C)C3)nc(C)n2)cc1. The molecule has 0 aliphatic carbocycles. The molecule has 25 heavy (non-hydrogen) atoms. The number of hydrogen-bond acceptors (Lipinski definition) is 4. The molecule has 1 unspecified atom stereocenters. The van der Waals surface area contributed by atoms with Crippen LogP contribution in [0.25, 0.3) is 0 Å². The molecule has 1 aliphatic rings. The van der Waals surface area contributed by atoms with Crippen LogP contribution in [-0.2, 0) is 6.54 Å². The fourth-order valence-electron chi connectivity index (χ4n) is 3.20. The molecule has 0 spiro atoms. The van der Waals surface area contributed by atoms with Crippen LogP contribution in [0.5, 0.6) is 0 Å². The van der Waals surface area contributed by atoms with Gasteiger partial charge in [-0.2, -0.15) is 0 Å². The monoisotopic (exact) mass is 338 g/mol. The number of piperidine rings is 1. The third kappa shape index (κ3) is 4.56. The van der Waals surface area contributed by atoms with Gasteiger partial charge in [-0.25, -0.2) is 9.97 Å². The molecular formula is C20H26N4O. The second-order valence-corrected chi connectivity index (χ2v) is 7.02. The number of hydrogen-bond donors (Lipinski definition) is 1. The van der Waals surface area contributed by atoms with Crippen LogP contribution in [0.4, 0.5) is 5.82 Å². The van der Waals surface area contributed by atoms with Crippen molar-refractivity contribution in [1.82, 2.24) is 14.9 Å². The molecule has 1 amide bonds. The van der Waals surface area contributed by atoms with Crippen molar-refractivity contribution in [3.05, 3.63) is 53.0 Å². The van der Waals surface area contributed by atoms with E-state index in [0.717, 1.165) is 19.5 Å². The van der Waals surface area contributed by atoms with Crippen LogP contribution in [0, 0.1) is 19.8 Å². The van der Waals surface area contributed by atoms with Crippen molar-refractivity contribution in [2.75, 3.05) is 18.4 Å². The highest BCUT2D eigenvalue weighted by atomic mass is 16.2. The molecule has 1 saturated heterocycles. The van der Waals surface area contributed by atoms with E-state index in [2.05, 4.69) is 53.4 Å². The van der Waals surface area contributed by atoms with E-state index in [1.165, 1.54) is 17.5 Å². The molecule has 3 rings (SSSR count). The highest BCUT2D eigenvalue weighted by Gasteiger charge is 2.23. The topological polar surface area (TPSA) is 58.1 Å². The summed E-state index contributed by atoms with van der Waals surface area (Å²) in [5, 5.41) is 3.31. The summed E-state index contributed by atoms with van der Waals surface area (Å²) in [4.78, 5) is 23.5. The van der Waals surface area contributed by atoms with Crippen molar-refractivity contribution < 1.29 is 4.79 Å². The largest absolute Gasteiger partial charge is 0.366 e. The first-order chi connectivity index (χ1) is 12.0. The zero-order valence-corrected chi connectivity index (χ0v) is 15.2. The Hall–Kier alpha value is -2.43. The number of rotatable bonds is 4. The smallest absolute Gasteiger partial charge is 0.272 e. The minimum atomic E-state index is 0.00966. The number of aryl methyl sites for hydroxylation is 2. The van der Waals surface area contributed by atoms with Crippen LogP contribution >= 0.6 is 0 Å². The lowest BCUT2D eigenvalue weighted by atomic mass is 10.00. The molecule has 1 N–H and O–H groups in total. The number of amides is 1. The summed E-state index contributed by atoms with van der Waals surface area (Å²) in [7, 11) is 0. The number of nitrogens with zero attached hydrogens (tertiary/aromatic N) is 3. The summed E-state index contributed by atoms with van der Waals surface area (Å²) in [6, 6.07) is 10.1. The first-order valence-corrected chi connectivity index (χ1v) is 8.95. The van der Waals surface area contributed by atoms with Crippen LogP contribution in [-0.4, -0.2) is 33.9 Å². The van der Waals surface area contributed by atoms with Gasteiger partial charge in [0.1, 0.15) is 17.3 Å². The number of carbonyl (C=O) groups excluding carboxylic acids is 1. The minimum Gasteiger partial charge on any atom is -0.366 e. The van der Waals surface area contributed by atoms with Gasteiger partial charge in [0.2, 0.25) is 0 Å². The van der Waals surface area contributed by atoms with Crippen molar-refractivity contribution in [3.8, 4) is 0 Å². The van der Waals surface area contributed by atoms with Gasteiger partial charge >= 0.3 is 0 Å². The molecule has 2 heterocycles. The molecule has 2 aromatic rings. The molecule has 1 aromatic carbocycles. The Labute approximate surface area is 149 Å². The van der Waals surface area contributed by atoms with E-state index in [1.54, 1.807) is 6.07 Å². The predicted molar refractivity (Wildman–Crippen MR) is 99.6 cm³/mol. The van der Waals surface area contributed by atoms with Gasteiger partial charge in [-0.05, 0) is 38.2 Å². The lowest BCUT2D eigenvalue weighted by molar-refractivity contribution is 0.0676. The number of benzene rings is 1. The van der Waals surface area contributed by atoms with Crippen LogP contribution in [0.1, 0.15) is 47.2 Å². The molecule has 1 aliphatic heterocycles. The van der Waals surface area contributed by atoms with E-state index in [9.17, 15) is 4.79 Å². The van der Waals surface area contributed by atoms with Crippen molar-refractivity contribution >= 4 is 11.7 Å². The van der Waals surface area contributed by atoms with Gasteiger partial charge in [-0.1, -0.05) is 36.8 Å². The molecule has 1 atom stereocenters. The first kappa shape index (κ1) is 17.4. The summed E-state index contributed by atoms with van der Waals surface area (Å²) < 4.78 is 0. The van der Waals surface area contributed by atoms with Gasteiger partial charge in [-0.3, -0.25) is 4.79 Å². The Kier molecular flexibility index (Phi) is 5.31. The number of likely N-dealkylation sites (tertiary alicyclic amines) is 1. The van der Waals surface area contributed by atoms with Crippen molar-refractivity contribution in [2.24, 2.45) is 5.92 Å². The van der Waals surface area contributed by atoms with Crippen LogP contribution < -0.4 is 5.32 Å². The molecular weight excluding hydrogens is 312 g/mol. The summed E-state index contributed by atoms with van der Waals surface area (Å²) in [6.45, 7) is 8.40. The Morgan fingerprint density at radius 1 is 1.24 bits per heavy atom. The van der Waals surface area contributed by atoms with Gasteiger partial charge < -0.3 is 10.2 Å². The van der Waals surface area contributed by atoms with Gasteiger partial charge in [0.25, 0.3) is 5.91 Å². The molecule has 0 saturated carbocycles. The Balaban J connectivity index is 1.71. The number of nitrogens with one attached hydrogen (secondary N) is 1. The zero-order valence-electron chi connectivity index (χ0n) is 15.2. The van der Waals surface area contributed by atoms with Crippen LogP contribution in [0.15, 0.2) is 30.3 Å². The number of carbonyl (C=O) groups is 1. The molecule has 0 bridgehead atoms. The zero-order chi connectivity index (χ0) is 17.8. The van der Waals surface area contributed by atoms with Crippen LogP contribution in [0.3, 0.4) is 0 Å². The quantitative estimate of drug-likeness (QED) is 0.926. The maximum atomic E-state index is 12.8. The summed E-state index contributed by atoms with van der Waals surface area (Å²) >= 11 is 0. The summed E-state index contributed by atoms with van der Waals surface area (Å²) in [6.07, 6.45) is 2.26. The van der Waals surface area contributed by atoms with Crippen LogP contribution in [0.2, 0.25) is 0 Å². The Bertz CT molecular complexity index is 742. The molecule has 132 valence electrons. The first-order valence-electron chi connectivity index (χ1n) is 8.95. The van der Waals surface area contributed by atoms with Gasteiger partial charge in [-0.15, -0.1) is 0 Å². The van der Waals surface area contributed by atoms with E-state index in [-0.39, 0.29) is 5.91 Å². The van der Waals surface area contributed by atoms with E-state index in [1.807, 2.05) is 11.8 Å². The average molecular weight is 338 g/mol. The highest BCUT2D eigenvalue weighted by molar-refractivity contribution is 5.93. The fourth-order valence-corrected chi connectivity index (χ4v) is 3.20. The number of aromatic nitrogens is 2. The molecule has 5 nitrogen and oxygen atoms in total. The highest BCUT2D eigenvalue weighted by Crippen LogP contribution is 2.18. The Morgan fingerprint density at radius 3 is 2.72 bits per heavy atom. The normalized spacial score (nSPS) is 17.4. The summed E-state index contributed by atoms with van der Waals surface area (Å²) in [5.41, 5.74) is 2.90. The Morgan fingerprint density at radius 2 is 2.00 bits per heavy atom. The van der Waals surface area contributed by atoms with E-state index < -0.39 is 0 Å². The van der Waals surface area contributed by atoms with Gasteiger partial charge in [0.15, 0.2) is 0 Å². The fraction of sp³-hybridized carbons (Fsp3) is 0.450. The second kappa shape index (κ2) is 7.64. The van der Waals surface area contributed by atoms with E-state index >= 15 is 0 Å². The maximum absolute atomic E-state index is 12.8. The lowest BCUT2D eigenvalue weighted by Crippen LogP contribution is -2.39. The van der Waals surface area contributed by atoms with Gasteiger partial charge in [0, 0.05) is 25.7 Å². The number of anilines is 1. The van der Waals surface area contributed by atoms with E-state index in [0.29, 0.717) is 29.8 Å². The van der Waals surface area contributed by atoms with E-state index in [4.69, 9.17) is 0 Å². The molecule has 5 heteroatoms. The predicted octanol–water partition coefficient (Wildman–Crippen LogP) is 3.58. The minimum absolute atomic E-state index is 0.00966. The average Bonchev–Trinajstić information content (AvgIpc) is 2.60. The second-order valence-electron chi connectivity index (χ2n) is 7.02. The lowest BCUT2D eigenvalue weighted by Gasteiger charge is -2.30. The third-order valence-corrected chi connectivity index (χ3v) is 4.60. The van der Waals surface area contributed by atoms with Crippen molar-refractivity contribution in [2.45, 2.75) is 40.2 Å². The maximum Gasteiger partial charge on any atom is 0.272 e. The molecule has 0 radical (unpaired) electrons. The van der Waals surface area contributed by atoms with Crippen molar-refractivity contribution in [3.63, 3.8) is 0 Å². The van der Waals surface area contributed by atoms with Gasteiger partial charge in [0.05, 0.1) is 0 Å².